The third-order valence-corrected chi connectivity index (χ3v) is 3.83. The van der Waals surface area contributed by atoms with E-state index in [1.807, 2.05) is 42.2 Å². The summed E-state index contributed by atoms with van der Waals surface area (Å²) in [6, 6.07) is 10.2. The van der Waals surface area contributed by atoms with Crippen LogP contribution in [0.3, 0.4) is 0 Å². The molecule has 0 amide bonds. The molecule has 6 heteroatoms. The predicted molar refractivity (Wildman–Crippen MR) is 81.3 cm³/mol. The third-order valence-electron chi connectivity index (χ3n) is 3.83. The summed E-state index contributed by atoms with van der Waals surface area (Å²) in [5.74, 6) is 0.466. The van der Waals surface area contributed by atoms with Crippen LogP contribution in [0.5, 0.6) is 0 Å². The fourth-order valence-corrected chi connectivity index (χ4v) is 2.61. The Labute approximate surface area is 129 Å². The molecule has 3 rings (SSSR count). The number of nitrogens with zero attached hydrogens (tertiary/aromatic N) is 3. The van der Waals surface area contributed by atoms with E-state index >= 15 is 0 Å². The normalized spacial score (nSPS) is 15.8. The molecule has 1 fully saturated rings. The molecular formula is C16H19N3O3. The lowest BCUT2D eigenvalue weighted by Gasteiger charge is -2.29. The van der Waals surface area contributed by atoms with E-state index in [0.29, 0.717) is 18.4 Å². The van der Waals surface area contributed by atoms with E-state index in [0.717, 1.165) is 31.5 Å². The maximum absolute atomic E-state index is 11.7. The van der Waals surface area contributed by atoms with Crippen molar-refractivity contribution in [3.63, 3.8) is 0 Å². The van der Waals surface area contributed by atoms with Gasteiger partial charge in [0.1, 0.15) is 0 Å². The summed E-state index contributed by atoms with van der Waals surface area (Å²) < 4.78 is 10.4. The summed E-state index contributed by atoms with van der Waals surface area (Å²) in [4.78, 5) is 18.2. The number of rotatable bonds is 4. The van der Waals surface area contributed by atoms with Gasteiger partial charge in [-0.2, -0.15) is 4.98 Å². The number of carbonyl (C=O) groups excluding carboxylic acids is 1. The summed E-state index contributed by atoms with van der Waals surface area (Å²) in [5.41, 5.74) is 0.930. The summed E-state index contributed by atoms with van der Waals surface area (Å²) in [5, 5.41) is 4.03. The van der Waals surface area contributed by atoms with Gasteiger partial charge in [0.25, 0.3) is 0 Å². The molecule has 1 aliphatic rings. The first kappa shape index (κ1) is 14.6. The monoisotopic (exact) mass is 301 g/mol. The average molecular weight is 301 g/mol. The van der Waals surface area contributed by atoms with E-state index in [-0.39, 0.29) is 11.9 Å². The molecule has 0 radical (unpaired) electrons. The second-order valence-corrected chi connectivity index (χ2v) is 5.28. The Morgan fingerprint density at radius 1 is 1.32 bits per heavy atom. The lowest BCUT2D eigenvalue weighted by Crippen LogP contribution is -2.37. The van der Waals surface area contributed by atoms with Gasteiger partial charge in [-0.3, -0.25) is 4.79 Å². The van der Waals surface area contributed by atoms with Crippen molar-refractivity contribution in [2.45, 2.75) is 19.8 Å². The molecule has 1 saturated heterocycles. The van der Waals surface area contributed by atoms with E-state index < -0.39 is 0 Å². The second-order valence-electron chi connectivity index (χ2n) is 5.28. The highest BCUT2D eigenvalue weighted by molar-refractivity contribution is 5.72. The van der Waals surface area contributed by atoms with E-state index in [1.54, 1.807) is 0 Å². The van der Waals surface area contributed by atoms with Gasteiger partial charge in [-0.25, -0.2) is 0 Å². The van der Waals surface area contributed by atoms with Crippen molar-refractivity contribution in [1.82, 2.24) is 10.1 Å². The van der Waals surface area contributed by atoms with Gasteiger partial charge in [-0.1, -0.05) is 35.5 Å². The topological polar surface area (TPSA) is 68.5 Å². The fourth-order valence-electron chi connectivity index (χ4n) is 2.61. The summed E-state index contributed by atoms with van der Waals surface area (Å²) in [7, 11) is 0. The number of aromatic nitrogens is 2. The molecule has 2 aromatic rings. The smallest absolute Gasteiger partial charge is 0.324 e. The second kappa shape index (κ2) is 6.60. The number of piperidine rings is 1. The van der Waals surface area contributed by atoms with E-state index in [9.17, 15) is 4.79 Å². The first-order valence-electron chi connectivity index (χ1n) is 7.58. The Hall–Kier alpha value is -2.37. The SMILES string of the molecule is CCOC(=O)C1CCN(c2nc(-c3ccccc3)no2)CC1. The van der Waals surface area contributed by atoms with Crippen LogP contribution in [0.1, 0.15) is 19.8 Å². The molecule has 0 saturated carbocycles. The molecule has 6 nitrogen and oxygen atoms in total. The lowest BCUT2D eigenvalue weighted by molar-refractivity contribution is -0.148. The van der Waals surface area contributed by atoms with Crippen molar-refractivity contribution in [3.05, 3.63) is 30.3 Å². The first-order valence-corrected chi connectivity index (χ1v) is 7.58. The molecule has 0 atom stereocenters. The van der Waals surface area contributed by atoms with Gasteiger partial charge in [-0.05, 0) is 19.8 Å². The van der Waals surface area contributed by atoms with Crippen LogP contribution in [-0.4, -0.2) is 35.8 Å². The zero-order valence-electron chi connectivity index (χ0n) is 12.6. The van der Waals surface area contributed by atoms with E-state index in [2.05, 4.69) is 10.1 Å². The van der Waals surface area contributed by atoms with Crippen LogP contribution in [-0.2, 0) is 9.53 Å². The molecule has 0 spiro atoms. The quantitative estimate of drug-likeness (QED) is 0.808. The average Bonchev–Trinajstić information content (AvgIpc) is 3.06. The molecule has 0 N–H and O–H groups in total. The van der Waals surface area contributed by atoms with Crippen LogP contribution in [0.2, 0.25) is 0 Å². The molecule has 22 heavy (non-hydrogen) atoms. The summed E-state index contributed by atoms with van der Waals surface area (Å²) in [6.07, 6.45) is 1.50. The summed E-state index contributed by atoms with van der Waals surface area (Å²) in [6.45, 7) is 3.71. The molecule has 1 aromatic carbocycles. The Kier molecular flexibility index (Phi) is 4.37. The zero-order chi connectivity index (χ0) is 15.4. The van der Waals surface area contributed by atoms with Crippen molar-refractivity contribution in [3.8, 4) is 11.4 Å². The van der Waals surface area contributed by atoms with Gasteiger partial charge in [0, 0.05) is 18.7 Å². The number of esters is 1. The van der Waals surface area contributed by atoms with Crippen molar-refractivity contribution >= 4 is 12.0 Å². The Morgan fingerprint density at radius 2 is 2.05 bits per heavy atom. The van der Waals surface area contributed by atoms with Crippen molar-refractivity contribution in [1.29, 1.82) is 0 Å². The predicted octanol–water partition coefficient (Wildman–Crippen LogP) is 2.52. The lowest BCUT2D eigenvalue weighted by atomic mass is 9.97. The van der Waals surface area contributed by atoms with Gasteiger partial charge in [0.15, 0.2) is 0 Å². The number of ether oxygens (including phenoxy) is 1. The molecule has 116 valence electrons. The van der Waals surface area contributed by atoms with Crippen molar-refractivity contribution < 1.29 is 14.1 Å². The number of carbonyl (C=O) groups is 1. The Bertz CT molecular complexity index is 619. The van der Waals surface area contributed by atoms with Crippen molar-refractivity contribution in [2.75, 3.05) is 24.6 Å². The van der Waals surface area contributed by atoms with E-state index in [1.165, 1.54) is 0 Å². The van der Waals surface area contributed by atoms with E-state index in [4.69, 9.17) is 9.26 Å². The number of anilines is 1. The standard InChI is InChI=1S/C16H19N3O3/c1-2-21-15(20)13-8-10-19(11-9-13)16-17-14(18-22-16)12-6-4-3-5-7-12/h3-7,13H,2,8-11H2,1H3. The van der Waals surface area contributed by atoms with Gasteiger partial charge < -0.3 is 14.2 Å². The summed E-state index contributed by atoms with van der Waals surface area (Å²) >= 11 is 0. The Balaban J connectivity index is 1.63. The molecule has 2 heterocycles. The minimum absolute atomic E-state index is 0.0206. The van der Waals surface area contributed by atoms with Crippen LogP contribution in [0.25, 0.3) is 11.4 Å². The minimum Gasteiger partial charge on any atom is -0.466 e. The van der Waals surface area contributed by atoms with Crippen LogP contribution >= 0.6 is 0 Å². The zero-order valence-corrected chi connectivity index (χ0v) is 12.6. The van der Waals surface area contributed by atoms with Crippen LogP contribution in [0.15, 0.2) is 34.9 Å². The highest BCUT2D eigenvalue weighted by Crippen LogP contribution is 2.25. The largest absolute Gasteiger partial charge is 0.466 e. The fraction of sp³-hybridized carbons (Fsp3) is 0.438. The van der Waals surface area contributed by atoms with Gasteiger partial charge in [0.2, 0.25) is 5.82 Å². The Morgan fingerprint density at radius 3 is 2.73 bits per heavy atom. The highest BCUT2D eigenvalue weighted by atomic mass is 16.5. The van der Waals surface area contributed by atoms with Gasteiger partial charge in [-0.15, -0.1) is 0 Å². The molecule has 0 bridgehead atoms. The number of hydrogen-bond donors (Lipinski definition) is 0. The molecular weight excluding hydrogens is 282 g/mol. The van der Waals surface area contributed by atoms with Gasteiger partial charge in [0.05, 0.1) is 12.5 Å². The number of hydrogen-bond acceptors (Lipinski definition) is 6. The first-order chi connectivity index (χ1) is 10.8. The van der Waals surface area contributed by atoms with Crippen LogP contribution < -0.4 is 4.90 Å². The molecule has 1 aliphatic heterocycles. The maximum Gasteiger partial charge on any atom is 0.324 e. The maximum atomic E-state index is 11.7. The number of benzene rings is 1. The van der Waals surface area contributed by atoms with Gasteiger partial charge >= 0.3 is 12.0 Å². The van der Waals surface area contributed by atoms with Crippen LogP contribution in [0, 0.1) is 5.92 Å². The highest BCUT2D eigenvalue weighted by Gasteiger charge is 2.28. The third kappa shape index (κ3) is 3.10. The minimum atomic E-state index is -0.0994. The van der Waals surface area contributed by atoms with Crippen molar-refractivity contribution in [2.24, 2.45) is 5.92 Å². The molecule has 0 aliphatic carbocycles. The van der Waals surface area contributed by atoms with Crippen LogP contribution in [0.4, 0.5) is 6.01 Å². The molecule has 0 unspecified atom stereocenters. The molecule has 1 aromatic heterocycles.